The van der Waals surface area contributed by atoms with Gasteiger partial charge in [-0.15, -0.1) is 5.10 Å². The van der Waals surface area contributed by atoms with E-state index in [4.69, 9.17) is 4.98 Å². The molecule has 0 spiro atoms. The Kier molecular flexibility index (Phi) is 5.71. The maximum Gasteiger partial charge on any atom is 0.251 e. The minimum Gasteiger partial charge on any atom is -0.349 e. The van der Waals surface area contributed by atoms with Crippen LogP contribution in [0.1, 0.15) is 41.6 Å². The molecule has 2 aromatic carbocycles. The molecule has 2 saturated carbocycles. The van der Waals surface area contributed by atoms with Crippen LogP contribution in [0, 0.1) is 0 Å². The number of fused-ring (bicyclic) bond motifs is 1. The van der Waals surface area contributed by atoms with Crippen molar-refractivity contribution in [3.05, 3.63) is 78.0 Å². The molecule has 2 aromatic heterocycles. The van der Waals surface area contributed by atoms with Crippen LogP contribution >= 0.6 is 0 Å². The number of pyridine rings is 1. The zero-order chi connectivity index (χ0) is 26.6. The SMILES string of the molecule is O=C(NC1CC1)c1ccc(Nc2nc3c(-c4ccc(C5(N6CCS(=O)(=O)CC6)CC5)cc4)cccn3n2)cc1. The third-order valence-corrected chi connectivity index (χ3v) is 9.69. The lowest BCUT2D eigenvalue weighted by Gasteiger charge is -2.35. The second-order valence-corrected chi connectivity index (χ2v) is 13.1. The van der Waals surface area contributed by atoms with Gasteiger partial charge in [0.25, 0.3) is 5.91 Å². The number of hydrogen-bond donors (Lipinski definition) is 2. The van der Waals surface area contributed by atoms with Gasteiger partial charge >= 0.3 is 0 Å². The number of sulfone groups is 1. The number of rotatable bonds is 7. The first-order valence-electron chi connectivity index (χ1n) is 13.5. The number of anilines is 2. The number of benzene rings is 2. The average molecular weight is 543 g/mol. The normalized spacial score (nSPS) is 20.0. The number of nitrogens with one attached hydrogen (secondary N) is 2. The summed E-state index contributed by atoms with van der Waals surface area (Å²) in [6.07, 6.45) is 6.12. The van der Waals surface area contributed by atoms with E-state index in [2.05, 4.69) is 44.9 Å². The van der Waals surface area contributed by atoms with E-state index in [1.54, 1.807) is 16.6 Å². The largest absolute Gasteiger partial charge is 0.349 e. The van der Waals surface area contributed by atoms with Crippen LogP contribution in [0.2, 0.25) is 0 Å². The molecule has 9 nitrogen and oxygen atoms in total. The molecule has 200 valence electrons. The first kappa shape index (κ1) is 24.3. The van der Waals surface area contributed by atoms with E-state index < -0.39 is 9.84 Å². The number of aromatic nitrogens is 3. The number of hydrogen-bond acceptors (Lipinski definition) is 7. The summed E-state index contributed by atoms with van der Waals surface area (Å²) >= 11 is 0. The summed E-state index contributed by atoms with van der Waals surface area (Å²) in [5.74, 6) is 0.934. The molecule has 4 aromatic rings. The van der Waals surface area contributed by atoms with Crippen LogP contribution in [0.25, 0.3) is 16.8 Å². The molecule has 7 rings (SSSR count). The molecule has 0 radical (unpaired) electrons. The predicted molar refractivity (Wildman–Crippen MR) is 150 cm³/mol. The Morgan fingerprint density at radius 3 is 2.33 bits per heavy atom. The lowest BCUT2D eigenvalue weighted by molar-refractivity contribution is 0.0951. The molecule has 1 aliphatic heterocycles. The Bertz CT molecular complexity index is 1640. The standard InChI is InChI=1S/C29H30N6O3S/c36-27(30-23-11-12-23)21-5-9-24(10-6-21)31-28-32-26-25(2-1-15-35(26)33-28)20-3-7-22(8-4-20)29(13-14-29)34-16-18-39(37,38)19-17-34/h1-10,15,23H,11-14,16-19H2,(H,30,36)(H,31,33). The highest BCUT2D eigenvalue weighted by molar-refractivity contribution is 7.91. The third-order valence-electron chi connectivity index (χ3n) is 8.08. The molecule has 0 bridgehead atoms. The smallest absolute Gasteiger partial charge is 0.251 e. The summed E-state index contributed by atoms with van der Waals surface area (Å²) in [5, 5.41) is 10.8. The molecule has 3 aliphatic rings. The van der Waals surface area contributed by atoms with Gasteiger partial charge in [-0.25, -0.2) is 12.9 Å². The summed E-state index contributed by atoms with van der Waals surface area (Å²) in [5.41, 5.74) is 5.43. The topological polar surface area (TPSA) is 109 Å². The summed E-state index contributed by atoms with van der Waals surface area (Å²) < 4.78 is 25.6. The molecule has 10 heteroatoms. The van der Waals surface area contributed by atoms with Gasteiger partial charge in [-0.05, 0) is 73.2 Å². The van der Waals surface area contributed by atoms with Crippen molar-refractivity contribution in [3.63, 3.8) is 0 Å². The maximum atomic E-state index is 12.3. The van der Waals surface area contributed by atoms with E-state index in [-0.39, 0.29) is 23.0 Å². The first-order valence-corrected chi connectivity index (χ1v) is 15.3. The highest BCUT2D eigenvalue weighted by atomic mass is 32.2. The van der Waals surface area contributed by atoms with Crippen LogP contribution in [-0.2, 0) is 15.4 Å². The fourth-order valence-corrected chi connectivity index (χ4v) is 6.72. The van der Waals surface area contributed by atoms with Crippen molar-refractivity contribution in [2.24, 2.45) is 0 Å². The average Bonchev–Trinajstić information content (AvgIpc) is 3.87. The van der Waals surface area contributed by atoms with Gasteiger partial charge in [-0.2, -0.15) is 4.98 Å². The van der Waals surface area contributed by atoms with E-state index >= 15 is 0 Å². The van der Waals surface area contributed by atoms with Crippen LogP contribution in [-0.4, -0.2) is 64.5 Å². The zero-order valence-electron chi connectivity index (χ0n) is 21.5. The van der Waals surface area contributed by atoms with Crippen molar-refractivity contribution in [1.82, 2.24) is 24.8 Å². The molecular formula is C29H30N6O3S. The fraction of sp³-hybridized carbons (Fsp3) is 0.345. The van der Waals surface area contributed by atoms with Crippen molar-refractivity contribution in [3.8, 4) is 11.1 Å². The second-order valence-electron chi connectivity index (χ2n) is 10.8. The van der Waals surface area contributed by atoms with Crippen LogP contribution in [0.15, 0.2) is 66.9 Å². The van der Waals surface area contributed by atoms with E-state index in [0.29, 0.717) is 30.6 Å². The fourth-order valence-electron chi connectivity index (χ4n) is 5.52. The minimum absolute atomic E-state index is 0.0272. The predicted octanol–water partition coefficient (Wildman–Crippen LogP) is 3.75. The van der Waals surface area contributed by atoms with Crippen molar-refractivity contribution in [2.75, 3.05) is 29.9 Å². The lowest BCUT2D eigenvalue weighted by Crippen LogP contribution is -2.46. The number of amides is 1. The van der Waals surface area contributed by atoms with E-state index in [1.807, 2.05) is 30.5 Å². The molecule has 3 heterocycles. The van der Waals surface area contributed by atoms with Gasteiger partial charge < -0.3 is 10.6 Å². The van der Waals surface area contributed by atoms with E-state index in [0.717, 1.165) is 48.1 Å². The van der Waals surface area contributed by atoms with Gasteiger partial charge in [0, 0.05) is 47.7 Å². The maximum absolute atomic E-state index is 12.3. The number of nitrogens with zero attached hydrogens (tertiary/aromatic N) is 4. The Morgan fingerprint density at radius 1 is 0.949 bits per heavy atom. The van der Waals surface area contributed by atoms with Gasteiger partial charge in [-0.3, -0.25) is 9.69 Å². The molecule has 0 atom stereocenters. The van der Waals surface area contributed by atoms with E-state index in [9.17, 15) is 13.2 Å². The van der Waals surface area contributed by atoms with Gasteiger partial charge in [-0.1, -0.05) is 24.3 Å². The van der Waals surface area contributed by atoms with Crippen molar-refractivity contribution < 1.29 is 13.2 Å². The van der Waals surface area contributed by atoms with Gasteiger partial charge in [0.2, 0.25) is 5.95 Å². The molecule has 1 amide bonds. The Hall–Kier alpha value is -3.76. The van der Waals surface area contributed by atoms with Crippen molar-refractivity contribution >= 4 is 33.0 Å². The summed E-state index contributed by atoms with van der Waals surface area (Å²) in [6, 6.07) is 20.2. The molecule has 3 fully saturated rings. The highest BCUT2D eigenvalue weighted by Gasteiger charge is 2.50. The van der Waals surface area contributed by atoms with Crippen LogP contribution in [0.5, 0.6) is 0 Å². The monoisotopic (exact) mass is 542 g/mol. The van der Waals surface area contributed by atoms with Gasteiger partial charge in [0.15, 0.2) is 15.5 Å². The lowest BCUT2D eigenvalue weighted by atomic mass is 9.98. The van der Waals surface area contributed by atoms with E-state index in [1.165, 1.54) is 5.56 Å². The molecule has 2 aliphatic carbocycles. The zero-order valence-corrected chi connectivity index (χ0v) is 22.3. The van der Waals surface area contributed by atoms with Crippen molar-refractivity contribution in [2.45, 2.75) is 37.3 Å². The van der Waals surface area contributed by atoms with Crippen LogP contribution in [0.3, 0.4) is 0 Å². The van der Waals surface area contributed by atoms with Gasteiger partial charge in [0.05, 0.1) is 11.5 Å². The molecular weight excluding hydrogens is 512 g/mol. The summed E-state index contributed by atoms with van der Waals surface area (Å²) in [7, 11) is -2.90. The summed E-state index contributed by atoms with van der Waals surface area (Å²) in [4.78, 5) is 19.4. The molecule has 0 unspecified atom stereocenters. The number of carbonyl (C=O) groups is 1. The molecule has 1 saturated heterocycles. The minimum atomic E-state index is -2.90. The summed E-state index contributed by atoms with van der Waals surface area (Å²) in [6.45, 7) is 1.21. The van der Waals surface area contributed by atoms with Crippen LogP contribution in [0.4, 0.5) is 11.6 Å². The van der Waals surface area contributed by atoms with Crippen LogP contribution < -0.4 is 10.6 Å². The Balaban J connectivity index is 1.09. The second kappa shape index (κ2) is 9.17. The third kappa shape index (κ3) is 4.79. The Labute approximate surface area is 227 Å². The van der Waals surface area contributed by atoms with Crippen molar-refractivity contribution in [1.29, 1.82) is 0 Å². The Morgan fingerprint density at radius 2 is 1.67 bits per heavy atom. The quantitative estimate of drug-likeness (QED) is 0.366. The molecule has 2 N–H and O–H groups in total. The molecule has 39 heavy (non-hydrogen) atoms. The first-order chi connectivity index (χ1) is 18.9. The number of carbonyl (C=O) groups excluding carboxylic acids is 1. The highest BCUT2D eigenvalue weighted by Crippen LogP contribution is 2.51. The van der Waals surface area contributed by atoms with Gasteiger partial charge in [0.1, 0.15) is 0 Å².